The Morgan fingerprint density at radius 2 is 1.51 bits per heavy atom. The summed E-state index contributed by atoms with van der Waals surface area (Å²) in [7, 11) is 0. The van der Waals surface area contributed by atoms with Crippen molar-refractivity contribution in [3.05, 3.63) is 103 Å². The van der Waals surface area contributed by atoms with Gasteiger partial charge in [0.25, 0.3) is 0 Å². The second-order valence-electron chi connectivity index (χ2n) is 8.08. The van der Waals surface area contributed by atoms with Crippen molar-refractivity contribution < 1.29 is 18.0 Å². The molecule has 1 amide bonds. The average molecular weight is 500 g/mol. The Kier molecular flexibility index (Phi) is 6.46. The molecule has 37 heavy (non-hydrogen) atoms. The third-order valence-corrected chi connectivity index (χ3v) is 5.54. The van der Waals surface area contributed by atoms with Crippen LogP contribution >= 0.6 is 0 Å². The summed E-state index contributed by atoms with van der Waals surface area (Å²) in [5.74, 6) is -0.0606. The second kappa shape index (κ2) is 10.0. The van der Waals surface area contributed by atoms with Gasteiger partial charge in [0.15, 0.2) is 0 Å². The zero-order chi connectivity index (χ0) is 25.8. The highest BCUT2D eigenvalue weighted by Gasteiger charge is 2.33. The van der Waals surface area contributed by atoms with Crippen LogP contribution in [0.3, 0.4) is 0 Å². The van der Waals surface area contributed by atoms with Crippen LogP contribution in [-0.4, -0.2) is 30.9 Å². The zero-order valence-corrected chi connectivity index (χ0v) is 19.2. The highest BCUT2D eigenvalue weighted by Crippen LogP contribution is 2.34. The molecule has 0 aliphatic rings. The first kappa shape index (κ1) is 23.9. The van der Waals surface area contributed by atoms with Crippen LogP contribution in [0.1, 0.15) is 5.69 Å². The molecule has 0 atom stereocenters. The van der Waals surface area contributed by atoms with E-state index in [1.165, 1.54) is 10.7 Å². The summed E-state index contributed by atoms with van der Waals surface area (Å²) in [5, 5.41) is 10.9. The molecule has 2 aromatic carbocycles. The fourth-order valence-corrected chi connectivity index (χ4v) is 3.82. The maximum atomic E-state index is 13.3. The largest absolute Gasteiger partial charge is 0.433 e. The van der Waals surface area contributed by atoms with Crippen molar-refractivity contribution in [2.75, 3.05) is 5.32 Å². The van der Waals surface area contributed by atoms with Gasteiger partial charge < -0.3 is 5.32 Å². The normalized spacial score (nSPS) is 11.3. The number of amides is 1. The molecule has 0 saturated carbocycles. The maximum Gasteiger partial charge on any atom is 0.433 e. The van der Waals surface area contributed by atoms with Gasteiger partial charge in [-0.2, -0.15) is 13.2 Å². The Bertz CT molecular complexity index is 1520. The van der Waals surface area contributed by atoms with Crippen LogP contribution in [-0.2, 0) is 17.5 Å². The van der Waals surface area contributed by atoms with E-state index in [9.17, 15) is 18.0 Å². The van der Waals surface area contributed by atoms with E-state index in [4.69, 9.17) is 0 Å². The first-order valence-electron chi connectivity index (χ1n) is 11.2. The van der Waals surface area contributed by atoms with Gasteiger partial charge in [-0.25, -0.2) is 9.67 Å². The van der Waals surface area contributed by atoms with Crippen molar-refractivity contribution >= 4 is 11.7 Å². The molecular formula is C27H19F3N6O. The lowest BCUT2D eigenvalue weighted by Crippen LogP contribution is -2.20. The Morgan fingerprint density at radius 1 is 0.811 bits per heavy atom. The number of halogens is 3. The highest BCUT2D eigenvalue weighted by atomic mass is 19.4. The summed E-state index contributed by atoms with van der Waals surface area (Å²) in [6.07, 6.45) is -1.87. The van der Waals surface area contributed by atoms with Crippen molar-refractivity contribution in [1.29, 1.82) is 0 Å². The molecule has 10 heteroatoms. The number of rotatable bonds is 6. The predicted molar refractivity (Wildman–Crippen MR) is 132 cm³/mol. The number of benzene rings is 2. The number of carbonyl (C=O) groups is 1. The summed E-state index contributed by atoms with van der Waals surface area (Å²) in [4.78, 5) is 20.6. The quantitative estimate of drug-likeness (QED) is 0.322. The fourth-order valence-electron chi connectivity index (χ4n) is 3.82. The van der Waals surface area contributed by atoms with Gasteiger partial charge in [-0.05, 0) is 29.8 Å². The van der Waals surface area contributed by atoms with Gasteiger partial charge in [-0.15, -0.1) is 5.10 Å². The molecular weight excluding hydrogens is 481 g/mol. The fraction of sp³-hybridized carbons (Fsp3) is 0.0741. The van der Waals surface area contributed by atoms with Crippen molar-refractivity contribution in [2.24, 2.45) is 0 Å². The standard InChI is InChI=1S/C27H19F3N6O/c28-27(29,30)22-15-20(13-14-31-22)25-26(19-9-5-2-6-10-19)36(35-34-25)17-24(37)33-23-12-11-21(16-32-23)18-7-3-1-4-8-18/h1-16H,17H2,(H,32,33,37). The lowest BCUT2D eigenvalue weighted by molar-refractivity contribution is -0.141. The second-order valence-corrected chi connectivity index (χ2v) is 8.08. The molecule has 0 aliphatic carbocycles. The van der Waals surface area contributed by atoms with E-state index >= 15 is 0 Å². The molecule has 0 unspecified atom stereocenters. The van der Waals surface area contributed by atoms with Crippen LogP contribution in [0.2, 0.25) is 0 Å². The molecule has 0 saturated heterocycles. The van der Waals surface area contributed by atoms with E-state index < -0.39 is 17.8 Å². The van der Waals surface area contributed by atoms with Crippen LogP contribution in [0, 0.1) is 0 Å². The van der Waals surface area contributed by atoms with E-state index in [0.717, 1.165) is 23.4 Å². The van der Waals surface area contributed by atoms with Crippen molar-refractivity contribution in [2.45, 2.75) is 12.7 Å². The van der Waals surface area contributed by atoms with E-state index in [2.05, 4.69) is 25.6 Å². The summed E-state index contributed by atoms with van der Waals surface area (Å²) in [5.41, 5.74) is 2.31. The summed E-state index contributed by atoms with van der Waals surface area (Å²) in [6.45, 7) is -0.226. The molecule has 0 spiro atoms. The third-order valence-electron chi connectivity index (χ3n) is 5.54. The summed E-state index contributed by atoms with van der Waals surface area (Å²) in [6, 6.07) is 24.5. The number of aromatic nitrogens is 5. The van der Waals surface area contributed by atoms with Crippen LogP contribution in [0.4, 0.5) is 19.0 Å². The lowest BCUT2D eigenvalue weighted by atomic mass is 10.0. The molecule has 3 heterocycles. The Hall–Kier alpha value is -4.86. The molecule has 0 radical (unpaired) electrons. The number of nitrogens with zero attached hydrogens (tertiary/aromatic N) is 5. The van der Waals surface area contributed by atoms with Gasteiger partial charge >= 0.3 is 6.18 Å². The lowest BCUT2D eigenvalue weighted by Gasteiger charge is -2.10. The van der Waals surface area contributed by atoms with Gasteiger partial charge in [-0.3, -0.25) is 9.78 Å². The highest BCUT2D eigenvalue weighted by molar-refractivity contribution is 5.90. The van der Waals surface area contributed by atoms with Crippen LogP contribution in [0.15, 0.2) is 97.3 Å². The molecule has 5 rings (SSSR count). The first-order chi connectivity index (χ1) is 17.9. The maximum absolute atomic E-state index is 13.3. The minimum absolute atomic E-state index is 0.186. The van der Waals surface area contributed by atoms with E-state index in [-0.39, 0.29) is 17.8 Å². The average Bonchev–Trinajstić information content (AvgIpc) is 3.33. The molecule has 7 nitrogen and oxygen atoms in total. The molecule has 0 aliphatic heterocycles. The number of hydrogen-bond donors (Lipinski definition) is 1. The third kappa shape index (κ3) is 5.37. The van der Waals surface area contributed by atoms with Gasteiger partial charge in [0, 0.05) is 29.1 Å². The molecule has 5 aromatic rings. The minimum Gasteiger partial charge on any atom is -0.309 e. The Labute approximate surface area is 209 Å². The SMILES string of the molecule is O=C(Cn1nnc(-c2ccnc(C(F)(F)F)c2)c1-c1ccccc1)Nc1ccc(-c2ccccc2)cn1. The summed E-state index contributed by atoms with van der Waals surface area (Å²) < 4.78 is 41.1. The monoisotopic (exact) mass is 500 g/mol. The van der Waals surface area contributed by atoms with Crippen molar-refractivity contribution in [1.82, 2.24) is 25.0 Å². The van der Waals surface area contributed by atoms with Gasteiger partial charge in [0.2, 0.25) is 5.91 Å². The number of anilines is 1. The van der Waals surface area contributed by atoms with Gasteiger partial charge in [0.05, 0.1) is 5.69 Å². The molecule has 1 N–H and O–H groups in total. The van der Waals surface area contributed by atoms with Crippen LogP contribution in [0.25, 0.3) is 33.6 Å². The topological polar surface area (TPSA) is 85.6 Å². The zero-order valence-electron chi connectivity index (χ0n) is 19.2. The van der Waals surface area contributed by atoms with Gasteiger partial charge in [-0.1, -0.05) is 65.9 Å². The van der Waals surface area contributed by atoms with Crippen molar-refractivity contribution in [3.63, 3.8) is 0 Å². The number of carbonyl (C=O) groups excluding carboxylic acids is 1. The van der Waals surface area contributed by atoms with Crippen molar-refractivity contribution in [3.8, 4) is 33.6 Å². The number of hydrogen-bond acceptors (Lipinski definition) is 5. The summed E-state index contributed by atoms with van der Waals surface area (Å²) >= 11 is 0. The van der Waals surface area contributed by atoms with E-state index in [1.54, 1.807) is 36.5 Å². The van der Waals surface area contributed by atoms with E-state index in [1.807, 2.05) is 42.5 Å². The number of pyridine rings is 2. The Morgan fingerprint density at radius 3 is 2.16 bits per heavy atom. The van der Waals surface area contributed by atoms with Crippen LogP contribution in [0.5, 0.6) is 0 Å². The first-order valence-corrected chi connectivity index (χ1v) is 11.2. The molecule has 0 bridgehead atoms. The number of alkyl halides is 3. The smallest absolute Gasteiger partial charge is 0.309 e. The van der Waals surface area contributed by atoms with E-state index in [0.29, 0.717) is 17.1 Å². The molecule has 184 valence electrons. The minimum atomic E-state index is -4.61. The van der Waals surface area contributed by atoms with Gasteiger partial charge in [0.1, 0.15) is 23.8 Å². The molecule has 3 aromatic heterocycles. The Balaban J connectivity index is 1.42. The van der Waals surface area contributed by atoms with Crippen LogP contribution < -0.4 is 5.32 Å². The molecule has 0 fully saturated rings. The number of nitrogens with one attached hydrogen (secondary N) is 1. The predicted octanol–water partition coefficient (Wildman–Crippen LogP) is 5.73.